The van der Waals surface area contributed by atoms with Gasteiger partial charge in [0.25, 0.3) is 0 Å². The molecule has 2 aliphatic rings. The molecule has 0 aliphatic carbocycles. The molecule has 0 spiro atoms. The van der Waals surface area contributed by atoms with Crippen LogP contribution in [-0.4, -0.2) is 62.7 Å². The number of hydrogen-bond donors (Lipinski definition) is 2. The molecular formula is C18H34ClN3O3. The maximum atomic E-state index is 12.6. The number of piperidine rings is 2. The van der Waals surface area contributed by atoms with Gasteiger partial charge < -0.3 is 20.3 Å². The molecule has 2 rings (SSSR count). The molecular weight excluding hydrogens is 342 g/mol. The first-order chi connectivity index (χ1) is 11.6. The summed E-state index contributed by atoms with van der Waals surface area (Å²) in [5.41, 5.74) is 0. The minimum atomic E-state index is -0.0825. The fourth-order valence-corrected chi connectivity index (χ4v) is 3.73. The smallest absolute Gasteiger partial charge is 0.224 e. The van der Waals surface area contributed by atoms with E-state index in [2.05, 4.69) is 17.6 Å². The van der Waals surface area contributed by atoms with E-state index in [9.17, 15) is 9.59 Å². The third-order valence-corrected chi connectivity index (χ3v) is 5.40. The zero-order chi connectivity index (χ0) is 17.4. The molecule has 2 heterocycles. The number of nitrogens with one attached hydrogen (secondary N) is 2. The van der Waals surface area contributed by atoms with Crippen LogP contribution in [-0.2, 0) is 14.3 Å². The molecule has 2 fully saturated rings. The van der Waals surface area contributed by atoms with E-state index in [-0.39, 0.29) is 36.2 Å². The van der Waals surface area contributed by atoms with Gasteiger partial charge in [-0.25, -0.2) is 0 Å². The lowest BCUT2D eigenvalue weighted by atomic mass is 9.90. The van der Waals surface area contributed by atoms with Gasteiger partial charge in [0.15, 0.2) is 0 Å². The normalized spacial score (nSPS) is 24.5. The quantitative estimate of drug-likeness (QED) is 0.663. The summed E-state index contributed by atoms with van der Waals surface area (Å²) < 4.78 is 4.96. The number of carbonyl (C=O) groups excluding carboxylic acids is 2. The molecule has 7 heteroatoms. The van der Waals surface area contributed by atoms with Gasteiger partial charge in [0, 0.05) is 32.7 Å². The Labute approximate surface area is 157 Å². The zero-order valence-corrected chi connectivity index (χ0v) is 16.4. The summed E-state index contributed by atoms with van der Waals surface area (Å²) in [6.07, 6.45) is 5.71. The SMILES string of the molecule is COCCNC(=O)C1CCC(C)N(C(=O)CCC2CCNCC2)C1.Cl. The average molecular weight is 376 g/mol. The van der Waals surface area contributed by atoms with Crippen molar-refractivity contribution in [2.75, 3.05) is 39.9 Å². The van der Waals surface area contributed by atoms with Gasteiger partial charge in [-0.15, -0.1) is 12.4 Å². The summed E-state index contributed by atoms with van der Waals surface area (Å²) in [7, 11) is 1.62. The molecule has 25 heavy (non-hydrogen) atoms. The second-order valence-corrected chi connectivity index (χ2v) is 7.19. The lowest BCUT2D eigenvalue weighted by Crippen LogP contribution is -2.49. The van der Waals surface area contributed by atoms with E-state index in [0.717, 1.165) is 32.4 Å². The lowest BCUT2D eigenvalue weighted by molar-refractivity contribution is -0.138. The van der Waals surface area contributed by atoms with Gasteiger partial charge in [-0.05, 0) is 58.0 Å². The fourth-order valence-electron chi connectivity index (χ4n) is 3.73. The molecule has 0 bridgehead atoms. The first-order valence-corrected chi connectivity index (χ1v) is 9.38. The van der Waals surface area contributed by atoms with Crippen LogP contribution in [0.25, 0.3) is 0 Å². The van der Waals surface area contributed by atoms with Crippen molar-refractivity contribution >= 4 is 24.2 Å². The van der Waals surface area contributed by atoms with Crippen LogP contribution in [0.4, 0.5) is 0 Å². The summed E-state index contributed by atoms with van der Waals surface area (Å²) in [6, 6.07) is 0.244. The summed E-state index contributed by atoms with van der Waals surface area (Å²) in [5, 5.41) is 6.27. The maximum Gasteiger partial charge on any atom is 0.224 e. The summed E-state index contributed by atoms with van der Waals surface area (Å²) in [4.78, 5) is 26.8. The van der Waals surface area contributed by atoms with Crippen LogP contribution in [0.2, 0.25) is 0 Å². The van der Waals surface area contributed by atoms with E-state index >= 15 is 0 Å². The summed E-state index contributed by atoms with van der Waals surface area (Å²) >= 11 is 0. The molecule has 2 unspecified atom stereocenters. The molecule has 2 atom stereocenters. The van der Waals surface area contributed by atoms with E-state index < -0.39 is 0 Å². The van der Waals surface area contributed by atoms with E-state index in [1.807, 2.05) is 4.90 Å². The molecule has 2 saturated heterocycles. The van der Waals surface area contributed by atoms with Crippen molar-refractivity contribution in [3.05, 3.63) is 0 Å². The fraction of sp³-hybridized carbons (Fsp3) is 0.889. The Morgan fingerprint density at radius 2 is 1.92 bits per heavy atom. The van der Waals surface area contributed by atoms with Gasteiger partial charge in [-0.1, -0.05) is 0 Å². The van der Waals surface area contributed by atoms with E-state index in [1.165, 1.54) is 12.8 Å². The molecule has 0 saturated carbocycles. The first kappa shape index (κ1) is 22.2. The minimum Gasteiger partial charge on any atom is -0.383 e. The van der Waals surface area contributed by atoms with Gasteiger partial charge >= 0.3 is 0 Å². The van der Waals surface area contributed by atoms with Crippen LogP contribution in [0.1, 0.15) is 45.4 Å². The van der Waals surface area contributed by atoms with Gasteiger partial charge in [0.05, 0.1) is 12.5 Å². The predicted octanol–water partition coefficient (Wildman–Crippen LogP) is 1.58. The monoisotopic (exact) mass is 375 g/mol. The Morgan fingerprint density at radius 3 is 2.60 bits per heavy atom. The number of rotatable bonds is 7. The number of amides is 2. The van der Waals surface area contributed by atoms with Crippen LogP contribution < -0.4 is 10.6 Å². The van der Waals surface area contributed by atoms with Gasteiger partial charge in [0.2, 0.25) is 11.8 Å². The summed E-state index contributed by atoms with van der Waals surface area (Å²) in [5.74, 6) is 0.856. The number of likely N-dealkylation sites (tertiary alicyclic amines) is 1. The maximum absolute atomic E-state index is 12.6. The largest absolute Gasteiger partial charge is 0.383 e. The second-order valence-electron chi connectivity index (χ2n) is 7.19. The third kappa shape index (κ3) is 7.12. The van der Waals surface area contributed by atoms with E-state index in [4.69, 9.17) is 4.74 Å². The van der Waals surface area contributed by atoms with Crippen molar-refractivity contribution in [1.82, 2.24) is 15.5 Å². The van der Waals surface area contributed by atoms with Crippen molar-refractivity contribution in [3.63, 3.8) is 0 Å². The van der Waals surface area contributed by atoms with Crippen LogP contribution in [0, 0.1) is 11.8 Å². The molecule has 0 radical (unpaired) electrons. The number of ether oxygens (including phenoxy) is 1. The third-order valence-electron chi connectivity index (χ3n) is 5.40. The molecule has 2 aliphatic heterocycles. The number of carbonyl (C=O) groups is 2. The van der Waals surface area contributed by atoms with Crippen LogP contribution >= 0.6 is 12.4 Å². The Hall–Kier alpha value is -0.850. The van der Waals surface area contributed by atoms with Crippen molar-refractivity contribution in [2.24, 2.45) is 11.8 Å². The lowest BCUT2D eigenvalue weighted by Gasteiger charge is -2.38. The van der Waals surface area contributed by atoms with Gasteiger partial charge in [-0.2, -0.15) is 0 Å². The Morgan fingerprint density at radius 1 is 1.20 bits per heavy atom. The first-order valence-electron chi connectivity index (χ1n) is 9.38. The van der Waals surface area contributed by atoms with Crippen LogP contribution in [0.15, 0.2) is 0 Å². The second kappa shape index (κ2) is 11.7. The van der Waals surface area contributed by atoms with Crippen molar-refractivity contribution in [2.45, 2.75) is 51.5 Å². The molecule has 0 aromatic heterocycles. The Balaban J connectivity index is 0.00000312. The highest BCUT2D eigenvalue weighted by Gasteiger charge is 2.32. The zero-order valence-electron chi connectivity index (χ0n) is 15.6. The van der Waals surface area contributed by atoms with Crippen molar-refractivity contribution in [1.29, 1.82) is 0 Å². The average Bonchev–Trinajstić information content (AvgIpc) is 2.61. The molecule has 146 valence electrons. The highest BCUT2D eigenvalue weighted by molar-refractivity contribution is 5.85. The van der Waals surface area contributed by atoms with Crippen LogP contribution in [0.5, 0.6) is 0 Å². The van der Waals surface area contributed by atoms with Gasteiger partial charge in [0.1, 0.15) is 0 Å². The molecule has 2 amide bonds. The molecule has 0 aromatic rings. The molecule has 0 aromatic carbocycles. The molecule has 2 N–H and O–H groups in total. The Bertz CT molecular complexity index is 416. The van der Waals surface area contributed by atoms with Gasteiger partial charge in [-0.3, -0.25) is 9.59 Å². The number of methoxy groups -OCH3 is 1. The van der Waals surface area contributed by atoms with E-state index in [1.54, 1.807) is 7.11 Å². The highest BCUT2D eigenvalue weighted by atomic mass is 35.5. The van der Waals surface area contributed by atoms with E-state index in [0.29, 0.717) is 32.0 Å². The van der Waals surface area contributed by atoms with Crippen LogP contribution in [0.3, 0.4) is 0 Å². The predicted molar refractivity (Wildman–Crippen MR) is 101 cm³/mol. The van der Waals surface area contributed by atoms with Crippen molar-refractivity contribution < 1.29 is 14.3 Å². The van der Waals surface area contributed by atoms with Crippen molar-refractivity contribution in [3.8, 4) is 0 Å². The minimum absolute atomic E-state index is 0. The summed E-state index contributed by atoms with van der Waals surface area (Å²) in [6.45, 7) is 5.86. The highest BCUT2D eigenvalue weighted by Crippen LogP contribution is 2.25. The Kier molecular flexibility index (Phi) is 10.4. The molecule has 6 nitrogen and oxygen atoms in total. The topological polar surface area (TPSA) is 70.7 Å². The number of halogens is 1. The number of nitrogens with zero attached hydrogens (tertiary/aromatic N) is 1. The standard InChI is InChI=1S/C18H33N3O3.ClH/c1-14-3-5-16(18(23)20-11-12-24-2)13-21(14)17(22)6-4-15-7-9-19-10-8-15;/h14-16,19H,3-13H2,1-2H3,(H,20,23);1H. The number of hydrogen-bond acceptors (Lipinski definition) is 4.